The Balaban J connectivity index is 2.70. The van der Waals surface area contributed by atoms with E-state index < -0.39 is 17.5 Å². The summed E-state index contributed by atoms with van der Waals surface area (Å²) in [6.45, 7) is 0. The van der Waals surface area contributed by atoms with Crippen molar-refractivity contribution in [3.8, 4) is 16.9 Å². The second-order valence-corrected chi connectivity index (χ2v) is 3.88. The Hall–Kier alpha value is -2.43. The smallest absolute Gasteiger partial charge is 0.248 e. The number of carbonyl (C=O) groups excluding carboxylic acids is 1. The van der Waals surface area contributed by atoms with Gasteiger partial charge in [-0.25, -0.2) is 8.78 Å². The van der Waals surface area contributed by atoms with Crippen LogP contribution in [-0.2, 0) is 0 Å². The fraction of sp³-hybridized carbons (Fsp3) is 0.0714. The molecule has 5 heteroatoms. The van der Waals surface area contributed by atoms with Gasteiger partial charge >= 0.3 is 0 Å². The number of para-hydroxylation sites is 1. The van der Waals surface area contributed by atoms with E-state index in [2.05, 4.69) is 0 Å². The largest absolute Gasteiger partial charge is 0.496 e. The van der Waals surface area contributed by atoms with Crippen LogP contribution < -0.4 is 10.5 Å². The summed E-state index contributed by atoms with van der Waals surface area (Å²) in [4.78, 5) is 11.1. The molecule has 0 unspecified atom stereocenters. The van der Waals surface area contributed by atoms with Crippen LogP contribution in [0.1, 0.15) is 10.4 Å². The maximum Gasteiger partial charge on any atom is 0.248 e. The second-order valence-electron chi connectivity index (χ2n) is 3.88. The predicted octanol–water partition coefficient (Wildman–Crippen LogP) is 2.74. The maximum absolute atomic E-state index is 13.9. The molecule has 2 aromatic rings. The standard InChI is InChI=1S/C14H11F2NO2/c1-19-12-5-3-2-4-9(12)10-6-8(14(17)18)7-11(15)13(10)16/h2-7H,1H3,(H2,17,18). The van der Waals surface area contributed by atoms with Gasteiger partial charge in [-0.2, -0.15) is 0 Å². The van der Waals surface area contributed by atoms with Gasteiger partial charge in [0.05, 0.1) is 7.11 Å². The highest BCUT2D eigenvalue weighted by molar-refractivity contribution is 5.94. The van der Waals surface area contributed by atoms with E-state index in [1.165, 1.54) is 13.2 Å². The molecule has 0 radical (unpaired) electrons. The molecule has 0 spiro atoms. The number of ether oxygens (including phenoxy) is 1. The Labute approximate surface area is 108 Å². The first kappa shape index (κ1) is 13.0. The van der Waals surface area contributed by atoms with Gasteiger partial charge in [-0.3, -0.25) is 4.79 Å². The third-order valence-corrected chi connectivity index (χ3v) is 2.71. The van der Waals surface area contributed by atoms with E-state index in [0.717, 1.165) is 6.07 Å². The number of methoxy groups -OCH3 is 1. The summed E-state index contributed by atoms with van der Waals surface area (Å²) < 4.78 is 32.5. The molecule has 0 aliphatic rings. The van der Waals surface area contributed by atoms with Gasteiger partial charge in [0.25, 0.3) is 0 Å². The van der Waals surface area contributed by atoms with Gasteiger partial charge in [0.2, 0.25) is 5.91 Å². The molecule has 98 valence electrons. The zero-order chi connectivity index (χ0) is 14.0. The summed E-state index contributed by atoms with van der Waals surface area (Å²) in [6.07, 6.45) is 0. The molecular weight excluding hydrogens is 252 g/mol. The maximum atomic E-state index is 13.9. The number of carbonyl (C=O) groups is 1. The highest BCUT2D eigenvalue weighted by atomic mass is 19.2. The van der Waals surface area contributed by atoms with Crippen LogP contribution in [0.4, 0.5) is 8.78 Å². The van der Waals surface area contributed by atoms with Crippen molar-refractivity contribution in [3.63, 3.8) is 0 Å². The van der Waals surface area contributed by atoms with E-state index in [4.69, 9.17) is 10.5 Å². The van der Waals surface area contributed by atoms with E-state index in [0.29, 0.717) is 11.3 Å². The zero-order valence-electron chi connectivity index (χ0n) is 10.1. The first-order chi connectivity index (χ1) is 9.04. The van der Waals surface area contributed by atoms with Crippen molar-refractivity contribution in [1.82, 2.24) is 0 Å². The summed E-state index contributed by atoms with van der Waals surface area (Å²) in [5, 5.41) is 0. The monoisotopic (exact) mass is 263 g/mol. The van der Waals surface area contributed by atoms with Crippen LogP contribution >= 0.6 is 0 Å². The number of halogens is 2. The quantitative estimate of drug-likeness (QED) is 0.925. The Morgan fingerprint density at radius 3 is 2.47 bits per heavy atom. The molecule has 0 fully saturated rings. The van der Waals surface area contributed by atoms with Crippen molar-refractivity contribution in [2.45, 2.75) is 0 Å². The predicted molar refractivity (Wildman–Crippen MR) is 66.9 cm³/mol. The molecule has 0 saturated carbocycles. The molecule has 2 rings (SSSR count). The second kappa shape index (κ2) is 5.06. The van der Waals surface area contributed by atoms with Gasteiger partial charge in [-0.15, -0.1) is 0 Å². The van der Waals surface area contributed by atoms with Crippen LogP contribution in [0.15, 0.2) is 36.4 Å². The molecular formula is C14H11F2NO2. The van der Waals surface area contributed by atoms with E-state index in [1.54, 1.807) is 24.3 Å². The van der Waals surface area contributed by atoms with Crippen molar-refractivity contribution in [2.75, 3.05) is 7.11 Å². The highest BCUT2D eigenvalue weighted by Gasteiger charge is 2.17. The number of benzene rings is 2. The Morgan fingerprint density at radius 1 is 1.16 bits per heavy atom. The molecule has 2 aromatic carbocycles. The number of amides is 1. The minimum absolute atomic E-state index is 0.0637. The van der Waals surface area contributed by atoms with Gasteiger partial charge in [-0.1, -0.05) is 18.2 Å². The van der Waals surface area contributed by atoms with E-state index >= 15 is 0 Å². The number of primary amides is 1. The highest BCUT2D eigenvalue weighted by Crippen LogP contribution is 2.33. The lowest BCUT2D eigenvalue weighted by Gasteiger charge is -2.10. The lowest BCUT2D eigenvalue weighted by Crippen LogP contribution is -2.12. The fourth-order valence-electron chi connectivity index (χ4n) is 1.79. The molecule has 0 saturated heterocycles. The topological polar surface area (TPSA) is 52.3 Å². The van der Waals surface area contributed by atoms with Crippen molar-refractivity contribution in [1.29, 1.82) is 0 Å². The van der Waals surface area contributed by atoms with Crippen molar-refractivity contribution < 1.29 is 18.3 Å². The summed E-state index contributed by atoms with van der Waals surface area (Å²) in [6, 6.07) is 8.53. The SMILES string of the molecule is COc1ccccc1-c1cc(C(N)=O)cc(F)c1F. The van der Waals surface area contributed by atoms with Gasteiger partial charge in [0, 0.05) is 16.7 Å². The first-order valence-electron chi connectivity index (χ1n) is 5.47. The summed E-state index contributed by atoms with van der Waals surface area (Å²) in [5.74, 6) is -2.62. The number of hydrogen-bond acceptors (Lipinski definition) is 2. The van der Waals surface area contributed by atoms with Gasteiger partial charge in [0.15, 0.2) is 11.6 Å². The molecule has 0 aliphatic heterocycles. The average Bonchev–Trinajstić information content (AvgIpc) is 2.41. The van der Waals surface area contributed by atoms with Crippen molar-refractivity contribution >= 4 is 5.91 Å². The van der Waals surface area contributed by atoms with Crippen LogP contribution in [0.25, 0.3) is 11.1 Å². The molecule has 0 atom stereocenters. The van der Waals surface area contributed by atoms with Crippen LogP contribution in [0.3, 0.4) is 0 Å². The van der Waals surface area contributed by atoms with Crippen molar-refractivity contribution in [3.05, 3.63) is 53.6 Å². The summed E-state index contributed by atoms with van der Waals surface area (Å²) >= 11 is 0. The molecule has 0 bridgehead atoms. The lowest BCUT2D eigenvalue weighted by atomic mass is 10.0. The Kier molecular flexibility index (Phi) is 3.46. The zero-order valence-corrected chi connectivity index (χ0v) is 10.1. The molecule has 0 aromatic heterocycles. The third kappa shape index (κ3) is 2.40. The molecule has 0 heterocycles. The molecule has 3 nitrogen and oxygen atoms in total. The molecule has 2 N–H and O–H groups in total. The van der Waals surface area contributed by atoms with Crippen LogP contribution in [0.5, 0.6) is 5.75 Å². The normalized spacial score (nSPS) is 10.3. The Morgan fingerprint density at radius 2 is 1.84 bits per heavy atom. The van der Waals surface area contributed by atoms with E-state index in [9.17, 15) is 13.6 Å². The van der Waals surface area contributed by atoms with Gasteiger partial charge in [-0.05, 0) is 18.2 Å². The summed E-state index contributed by atoms with van der Waals surface area (Å²) in [5.41, 5.74) is 5.28. The van der Waals surface area contributed by atoms with Crippen LogP contribution in [0.2, 0.25) is 0 Å². The molecule has 0 aliphatic carbocycles. The third-order valence-electron chi connectivity index (χ3n) is 2.71. The lowest BCUT2D eigenvalue weighted by molar-refractivity contribution is 0.1000. The average molecular weight is 263 g/mol. The van der Waals surface area contributed by atoms with Gasteiger partial charge < -0.3 is 10.5 Å². The van der Waals surface area contributed by atoms with E-state index in [1.807, 2.05) is 0 Å². The molecule has 19 heavy (non-hydrogen) atoms. The molecule has 1 amide bonds. The van der Waals surface area contributed by atoms with Crippen LogP contribution in [-0.4, -0.2) is 13.0 Å². The minimum Gasteiger partial charge on any atom is -0.496 e. The fourth-order valence-corrected chi connectivity index (χ4v) is 1.79. The minimum atomic E-state index is -1.13. The van der Waals surface area contributed by atoms with Gasteiger partial charge in [0.1, 0.15) is 5.75 Å². The Bertz CT molecular complexity index is 641. The number of hydrogen-bond donors (Lipinski definition) is 1. The van der Waals surface area contributed by atoms with Crippen LogP contribution in [0, 0.1) is 11.6 Å². The summed E-state index contributed by atoms with van der Waals surface area (Å²) in [7, 11) is 1.42. The van der Waals surface area contributed by atoms with E-state index in [-0.39, 0.29) is 11.1 Å². The first-order valence-corrected chi connectivity index (χ1v) is 5.47. The van der Waals surface area contributed by atoms with Crippen molar-refractivity contribution in [2.24, 2.45) is 5.73 Å². The number of nitrogens with two attached hydrogens (primary N) is 1. The number of rotatable bonds is 3.